The second-order valence-electron chi connectivity index (χ2n) is 4.49. The molecule has 3 heteroatoms. The summed E-state index contributed by atoms with van der Waals surface area (Å²) in [5.74, 6) is 0.146. The molecule has 0 amide bonds. The number of nitrogens with zero attached hydrogens (tertiary/aromatic N) is 1. The quantitative estimate of drug-likeness (QED) is 0.820. The van der Waals surface area contributed by atoms with Gasteiger partial charge in [0.1, 0.15) is 0 Å². The van der Waals surface area contributed by atoms with Crippen LogP contribution in [0.2, 0.25) is 0 Å². The minimum absolute atomic E-state index is 0.146. The van der Waals surface area contributed by atoms with Crippen LogP contribution in [0.3, 0.4) is 0 Å². The fraction of sp³-hybridized carbons (Fsp3) is 0.333. The van der Waals surface area contributed by atoms with Crippen LogP contribution in [0.15, 0.2) is 36.7 Å². The lowest BCUT2D eigenvalue weighted by Gasteiger charge is -2.12. The van der Waals surface area contributed by atoms with Crippen molar-refractivity contribution in [1.82, 2.24) is 10.3 Å². The summed E-state index contributed by atoms with van der Waals surface area (Å²) in [6.07, 6.45) is 3.96. The van der Waals surface area contributed by atoms with Crippen molar-refractivity contribution in [2.75, 3.05) is 6.54 Å². The summed E-state index contributed by atoms with van der Waals surface area (Å²) in [4.78, 5) is 16.4. The highest BCUT2D eigenvalue weighted by atomic mass is 16.1. The first-order valence-corrected chi connectivity index (χ1v) is 6.31. The molecule has 0 radical (unpaired) electrons. The standard InChI is InChI=1S/C15H18N2O/c1-3-17-11(2)8-15(18)14-10-16-9-12-6-4-5-7-13(12)14/h4-7,9-11,17H,3,8H2,1-2H3. The van der Waals surface area contributed by atoms with Gasteiger partial charge in [-0.15, -0.1) is 0 Å². The van der Waals surface area contributed by atoms with Crippen LogP contribution in [0.25, 0.3) is 10.8 Å². The van der Waals surface area contributed by atoms with Gasteiger partial charge >= 0.3 is 0 Å². The number of pyridine rings is 1. The molecule has 0 aliphatic rings. The first-order chi connectivity index (χ1) is 8.72. The van der Waals surface area contributed by atoms with Gasteiger partial charge in [-0.25, -0.2) is 0 Å². The lowest BCUT2D eigenvalue weighted by atomic mass is 10.0. The van der Waals surface area contributed by atoms with Crippen LogP contribution in [0.4, 0.5) is 0 Å². The molecule has 1 N–H and O–H groups in total. The third-order valence-electron chi connectivity index (χ3n) is 3.01. The Kier molecular flexibility index (Phi) is 4.05. The van der Waals surface area contributed by atoms with Crippen LogP contribution in [-0.2, 0) is 0 Å². The number of aromatic nitrogens is 1. The van der Waals surface area contributed by atoms with E-state index >= 15 is 0 Å². The fourth-order valence-electron chi connectivity index (χ4n) is 2.15. The SMILES string of the molecule is CCNC(C)CC(=O)c1cncc2ccccc12. The van der Waals surface area contributed by atoms with Crippen LogP contribution in [0, 0.1) is 0 Å². The lowest BCUT2D eigenvalue weighted by Crippen LogP contribution is -2.28. The molecule has 18 heavy (non-hydrogen) atoms. The minimum atomic E-state index is 0.146. The molecule has 1 unspecified atom stereocenters. The van der Waals surface area contributed by atoms with Crippen molar-refractivity contribution in [3.63, 3.8) is 0 Å². The van der Waals surface area contributed by atoms with Gasteiger partial charge in [-0.1, -0.05) is 31.2 Å². The average Bonchev–Trinajstić information content (AvgIpc) is 2.38. The van der Waals surface area contributed by atoms with E-state index in [-0.39, 0.29) is 11.8 Å². The number of carbonyl (C=O) groups excluding carboxylic acids is 1. The molecule has 0 saturated carbocycles. The number of ketones is 1. The van der Waals surface area contributed by atoms with Crippen molar-refractivity contribution in [1.29, 1.82) is 0 Å². The molecule has 0 aliphatic carbocycles. The molecule has 1 aromatic carbocycles. The van der Waals surface area contributed by atoms with Crippen molar-refractivity contribution in [2.24, 2.45) is 0 Å². The molecule has 1 heterocycles. The highest BCUT2D eigenvalue weighted by Gasteiger charge is 2.13. The third kappa shape index (κ3) is 2.74. The van der Waals surface area contributed by atoms with Crippen molar-refractivity contribution in [2.45, 2.75) is 26.3 Å². The van der Waals surface area contributed by atoms with Gasteiger partial charge in [-0.05, 0) is 18.9 Å². The van der Waals surface area contributed by atoms with Gasteiger partial charge < -0.3 is 5.32 Å². The molecule has 94 valence electrons. The summed E-state index contributed by atoms with van der Waals surface area (Å²) in [5.41, 5.74) is 0.720. The summed E-state index contributed by atoms with van der Waals surface area (Å²) in [6.45, 7) is 4.95. The predicted octanol–water partition coefficient (Wildman–Crippen LogP) is 2.81. The smallest absolute Gasteiger partial charge is 0.166 e. The molecule has 3 nitrogen and oxygen atoms in total. The number of rotatable bonds is 5. The van der Waals surface area contributed by atoms with E-state index in [1.54, 1.807) is 12.4 Å². The zero-order valence-electron chi connectivity index (χ0n) is 10.8. The van der Waals surface area contributed by atoms with Gasteiger partial charge in [-0.2, -0.15) is 0 Å². The average molecular weight is 242 g/mol. The Morgan fingerprint density at radius 2 is 2.11 bits per heavy atom. The molecule has 0 spiro atoms. The van der Waals surface area contributed by atoms with E-state index in [9.17, 15) is 4.79 Å². The Morgan fingerprint density at radius 3 is 2.89 bits per heavy atom. The highest BCUT2D eigenvalue weighted by Crippen LogP contribution is 2.18. The third-order valence-corrected chi connectivity index (χ3v) is 3.01. The largest absolute Gasteiger partial charge is 0.314 e. The maximum absolute atomic E-state index is 12.3. The van der Waals surface area contributed by atoms with Crippen LogP contribution in [0.5, 0.6) is 0 Å². The molecular weight excluding hydrogens is 224 g/mol. The summed E-state index contributed by atoms with van der Waals surface area (Å²) >= 11 is 0. The molecule has 1 atom stereocenters. The van der Waals surface area contributed by atoms with E-state index < -0.39 is 0 Å². The minimum Gasteiger partial charge on any atom is -0.314 e. The van der Waals surface area contributed by atoms with Gasteiger partial charge in [0.05, 0.1) is 0 Å². The second-order valence-corrected chi connectivity index (χ2v) is 4.49. The summed E-state index contributed by atoms with van der Waals surface area (Å²) < 4.78 is 0. The first kappa shape index (κ1) is 12.7. The maximum atomic E-state index is 12.3. The first-order valence-electron chi connectivity index (χ1n) is 6.31. The lowest BCUT2D eigenvalue weighted by molar-refractivity contribution is 0.0973. The number of hydrogen-bond donors (Lipinski definition) is 1. The number of nitrogens with one attached hydrogen (secondary N) is 1. The normalized spacial score (nSPS) is 12.6. The van der Waals surface area contributed by atoms with Crippen LogP contribution in [-0.4, -0.2) is 23.4 Å². The zero-order valence-corrected chi connectivity index (χ0v) is 10.8. The van der Waals surface area contributed by atoms with Crippen molar-refractivity contribution < 1.29 is 4.79 Å². The van der Waals surface area contributed by atoms with Gasteiger partial charge in [0, 0.05) is 35.8 Å². The van der Waals surface area contributed by atoms with Gasteiger partial charge in [-0.3, -0.25) is 9.78 Å². The number of fused-ring (bicyclic) bond motifs is 1. The fourth-order valence-corrected chi connectivity index (χ4v) is 2.15. The molecule has 2 aromatic rings. The number of benzene rings is 1. The second kappa shape index (κ2) is 5.74. The molecule has 0 bridgehead atoms. The molecule has 0 aliphatic heterocycles. The Bertz CT molecular complexity index is 546. The number of Topliss-reactive ketones (excluding diaryl/α,β-unsaturated/α-hetero) is 1. The zero-order chi connectivity index (χ0) is 13.0. The Labute approximate surface area is 107 Å². The van der Waals surface area contributed by atoms with Crippen molar-refractivity contribution in [3.8, 4) is 0 Å². The summed E-state index contributed by atoms with van der Waals surface area (Å²) in [5, 5.41) is 5.25. The highest BCUT2D eigenvalue weighted by molar-refractivity contribution is 6.07. The van der Waals surface area contributed by atoms with Crippen LogP contribution < -0.4 is 5.32 Å². The monoisotopic (exact) mass is 242 g/mol. The molecule has 2 rings (SSSR count). The van der Waals surface area contributed by atoms with E-state index in [0.29, 0.717) is 6.42 Å². The Hall–Kier alpha value is -1.74. The number of hydrogen-bond acceptors (Lipinski definition) is 3. The van der Waals surface area contributed by atoms with Crippen molar-refractivity contribution >= 4 is 16.6 Å². The van der Waals surface area contributed by atoms with Gasteiger partial charge in [0.25, 0.3) is 0 Å². The number of carbonyl (C=O) groups is 1. The van der Waals surface area contributed by atoms with E-state index in [1.807, 2.05) is 38.1 Å². The van der Waals surface area contributed by atoms with Crippen molar-refractivity contribution in [3.05, 3.63) is 42.2 Å². The Balaban J connectivity index is 2.28. The van der Waals surface area contributed by atoms with Crippen LogP contribution >= 0.6 is 0 Å². The summed E-state index contributed by atoms with van der Waals surface area (Å²) in [6, 6.07) is 8.06. The van der Waals surface area contributed by atoms with Crippen LogP contribution in [0.1, 0.15) is 30.6 Å². The molecule has 1 aromatic heterocycles. The molecule has 0 saturated heterocycles. The molecule has 0 fully saturated rings. The van der Waals surface area contributed by atoms with Gasteiger partial charge in [0.2, 0.25) is 0 Å². The van der Waals surface area contributed by atoms with E-state index in [4.69, 9.17) is 0 Å². The molecular formula is C15H18N2O. The van der Waals surface area contributed by atoms with E-state index in [0.717, 1.165) is 22.9 Å². The Morgan fingerprint density at radius 1 is 1.33 bits per heavy atom. The van der Waals surface area contributed by atoms with Gasteiger partial charge in [0.15, 0.2) is 5.78 Å². The summed E-state index contributed by atoms with van der Waals surface area (Å²) in [7, 11) is 0. The predicted molar refractivity (Wildman–Crippen MR) is 73.8 cm³/mol. The topological polar surface area (TPSA) is 42.0 Å². The van der Waals surface area contributed by atoms with E-state index in [2.05, 4.69) is 10.3 Å². The maximum Gasteiger partial charge on any atom is 0.166 e. The van der Waals surface area contributed by atoms with E-state index in [1.165, 1.54) is 0 Å².